The van der Waals surface area contributed by atoms with Gasteiger partial charge in [-0.3, -0.25) is 4.79 Å². The highest BCUT2D eigenvalue weighted by Crippen LogP contribution is 2.29. The van der Waals surface area contributed by atoms with E-state index in [2.05, 4.69) is 5.32 Å². The Bertz CT molecular complexity index is 484. The van der Waals surface area contributed by atoms with Crippen LogP contribution in [0.5, 0.6) is 0 Å². The number of hydrogen-bond donors (Lipinski definition) is 2. The van der Waals surface area contributed by atoms with E-state index in [1.165, 1.54) is 0 Å². The number of carbonyl (C=O) groups excluding carboxylic acids is 1. The maximum absolute atomic E-state index is 12.9. The van der Waals surface area contributed by atoms with Gasteiger partial charge in [0.15, 0.2) is 9.84 Å². The van der Waals surface area contributed by atoms with E-state index < -0.39 is 20.6 Å². The first-order valence-corrected chi connectivity index (χ1v) is 10.6. The SMILES string of the molecule is CCC(N)(CC)CNC(=O)C(C(C)C)S(=O)(=O)C1CCCCC1.Cl. The van der Waals surface area contributed by atoms with Crippen LogP contribution in [0.2, 0.25) is 0 Å². The molecule has 144 valence electrons. The molecule has 0 aromatic rings. The van der Waals surface area contributed by atoms with Crippen molar-refractivity contribution in [2.24, 2.45) is 11.7 Å². The zero-order valence-corrected chi connectivity index (χ0v) is 17.1. The standard InChI is InChI=1S/C17H34N2O3S.ClH/c1-5-17(18,6-2)12-19-16(20)15(13(3)4)23(21,22)14-10-8-7-9-11-14;/h13-15H,5-12,18H2,1-4H3,(H,19,20);1H. The van der Waals surface area contributed by atoms with Gasteiger partial charge in [-0.2, -0.15) is 0 Å². The van der Waals surface area contributed by atoms with Crippen molar-refractivity contribution in [2.45, 2.75) is 88.7 Å². The minimum atomic E-state index is -3.46. The maximum Gasteiger partial charge on any atom is 0.238 e. The number of halogens is 1. The smallest absolute Gasteiger partial charge is 0.238 e. The lowest BCUT2D eigenvalue weighted by Gasteiger charge is -2.31. The molecule has 0 bridgehead atoms. The topological polar surface area (TPSA) is 89.3 Å². The lowest BCUT2D eigenvalue weighted by molar-refractivity contribution is -0.121. The molecular weight excluding hydrogens is 348 g/mol. The number of hydrogen-bond acceptors (Lipinski definition) is 4. The van der Waals surface area contributed by atoms with Gasteiger partial charge in [0, 0.05) is 12.1 Å². The fourth-order valence-electron chi connectivity index (χ4n) is 3.30. The van der Waals surface area contributed by atoms with Gasteiger partial charge in [-0.1, -0.05) is 47.0 Å². The average Bonchev–Trinajstić information content (AvgIpc) is 2.53. The highest BCUT2D eigenvalue weighted by molar-refractivity contribution is 7.93. The van der Waals surface area contributed by atoms with E-state index in [-0.39, 0.29) is 29.5 Å². The summed E-state index contributed by atoms with van der Waals surface area (Å²) in [5, 5.41) is 1.47. The second-order valence-corrected chi connectivity index (χ2v) is 9.65. The van der Waals surface area contributed by atoms with E-state index in [0.29, 0.717) is 19.4 Å². The molecule has 1 fully saturated rings. The normalized spacial score (nSPS) is 18.1. The van der Waals surface area contributed by atoms with Crippen LogP contribution in [0.25, 0.3) is 0 Å². The first-order chi connectivity index (χ1) is 10.7. The lowest BCUT2D eigenvalue weighted by atomic mass is 9.94. The predicted molar refractivity (Wildman–Crippen MR) is 102 cm³/mol. The van der Waals surface area contributed by atoms with Crippen molar-refractivity contribution in [3.8, 4) is 0 Å². The third-order valence-corrected chi connectivity index (χ3v) is 8.12. The summed E-state index contributed by atoms with van der Waals surface area (Å²) in [6, 6.07) is 0. The van der Waals surface area contributed by atoms with Crippen LogP contribution < -0.4 is 11.1 Å². The van der Waals surface area contributed by atoms with Gasteiger partial charge in [0.05, 0.1) is 5.25 Å². The van der Waals surface area contributed by atoms with Gasteiger partial charge >= 0.3 is 0 Å². The number of amides is 1. The van der Waals surface area contributed by atoms with E-state index in [9.17, 15) is 13.2 Å². The Balaban J connectivity index is 0.00000529. The monoisotopic (exact) mass is 382 g/mol. The summed E-state index contributed by atoms with van der Waals surface area (Å²) in [7, 11) is -3.46. The van der Waals surface area contributed by atoms with Gasteiger partial charge in [-0.05, 0) is 31.6 Å². The molecule has 0 spiro atoms. The molecule has 0 saturated heterocycles. The Labute approximate surface area is 153 Å². The van der Waals surface area contributed by atoms with Crippen molar-refractivity contribution in [3.05, 3.63) is 0 Å². The van der Waals surface area contributed by atoms with Crippen LogP contribution in [0, 0.1) is 5.92 Å². The molecule has 1 aliphatic carbocycles. The van der Waals surface area contributed by atoms with Crippen molar-refractivity contribution < 1.29 is 13.2 Å². The zero-order valence-electron chi connectivity index (χ0n) is 15.5. The molecule has 7 heteroatoms. The molecule has 0 aromatic carbocycles. The van der Waals surface area contributed by atoms with E-state index in [1.54, 1.807) is 13.8 Å². The van der Waals surface area contributed by atoms with E-state index in [0.717, 1.165) is 32.1 Å². The predicted octanol–water partition coefficient (Wildman–Crippen LogP) is 2.81. The third kappa shape index (κ3) is 5.88. The fourth-order valence-corrected chi connectivity index (χ4v) is 5.84. The van der Waals surface area contributed by atoms with Gasteiger partial charge in [0.1, 0.15) is 5.25 Å². The molecule has 0 radical (unpaired) electrons. The third-order valence-electron chi connectivity index (χ3n) is 5.26. The summed E-state index contributed by atoms with van der Waals surface area (Å²) in [4.78, 5) is 12.6. The molecule has 1 rings (SSSR count). The molecule has 1 amide bonds. The van der Waals surface area contributed by atoms with Crippen LogP contribution >= 0.6 is 12.4 Å². The number of rotatable bonds is 8. The van der Waals surface area contributed by atoms with Gasteiger partial charge in [0.2, 0.25) is 5.91 Å². The van der Waals surface area contributed by atoms with Crippen LogP contribution in [0.15, 0.2) is 0 Å². The van der Waals surface area contributed by atoms with Crippen LogP contribution in [0.3, 0.4) is 0 Å². The highest BCUT2D eigenvalue weighted by Gasteiger charge is 2.41. The largest absolute Gasteiger partial charge is 0.353 e. The van der Waals surface area contributed by atoms with Crippen molar-refractivity contribution >= 4 is 28.2 Å². The number of carbonyl (C=O) groups is 1. The van der Waals surface area contributed by atoms with Crippen molar-refractivity contribution in [1.29, 1.82) is 0 Å². The quantitative estimate of drug-likeness (QED) is 0.675. The van der Waals surface area contributed by atoms with Crippen LogP contribution in [0.4, 0.5) is 0 Å². The van der Waals surface area contributed by atoms with E-state index >= 15 is 0 Å². The molecule has 1 saturated carbocycles. The van der Waals surface area contributed by atoms with Crippen LogP contribution in [-0.2, 0) is 14.6 Å². The van der Waals surface area contributed by atoms with Gasteiger partial charge < -0.3 is 11.1 Å². The summed E-state index contributed by atoms with van der Waals surface area (Å²) in [6.07, 6.45) is 5.82. The Morgan fingerprint density at radius 1 is 1.17 bits per heavy atom. The molecule has 5 nitrogen and oxygen atoms in total. The van der Waals surface area contributed by atoms with Crippen molar-refractivity contribution in [3.63, 3.8) is 0 Å². The molecule has 1 atom stereocenters. The summed E-state index contributed by atoms with van der Waals surface area (Å²) >= 11 is 0. The number of sulfone groups is 1. The molecule has 1 unspecified atom stereocenters. The first kappa shape index (κ1) is 23.7. The maximum atomic E-state index is 12.9. The molecule has 0 aliphatic heterocycles. The fraction of sp³-hybridized carbons (Fsp3) is 0.941. The molecule has 0 heterocycles. The molecular formula is C17H35ClN2O3S. The molecule has 1 aliphatic rings. The average molecular weight is 383 g/mol. The van der Waals surface area contributed by atoms with Gasteiger partial charge in [-0.15, -0.1) is 12.4 Å². The van der Waals surface area contributed by atoms with Gasteiger partial charge in [0.25, 0.3) is 0 Å². The molecule has 3 N–H and O–H groups in total. The summed E-state index contributed by atoms with van der Waals surface area (Å²) in [5.41, 5.74) is 5.74. The van der Waals surface area contributed by atoms with E-state index in [4.69, 9.17) is 5.73 Å². The zero-order chi connectivity index (χ0) is 17.7. The second kappa shape index (κ2) is 9.97. The van der Waals surface area contributed by atoms with Crippen molar-refractivity contribution in [1.82, 2.24) is 5.32 Å². The lowest BCUT2D eigenvalue weighted by Crippen LogP contribution is -2.54. The van der Waals surface area contributed by atoms with Crippen molar-refractivity contribution in [2.75, 3.05) is 6.54 Å². The molecule has 24 heavy (non-hydrogen) atoms. The Morgan fingerprint density at radius 2 is 1.67 bits per heavy atom. The summed E-state index contributed by atoms with van der Waals surface area (Å²) in [6.45, 7) is 7.89. The molecule has 0 aromatic heterocycles. The number of nitrogens with two attached hydrogens (primary N) is 1. The number of nitrogens with one attached hydrogen (secondary N) is 1. The highest BCUT2D eigenvalue weighted by atomic mass is 35.5. The van der Waals surface area contributed by atoms with Crippen LogP contribution in [-0.4, -0.2) is 36.9 Å². The summed E-state index contributed by atoms with van der Waals surface area (Å²) in [5.74, 6) is -0.625. The van der Waals surface area contributed by atoms with Gasteiger partial charge in [-0.25, -0.2) is 8.42 Å². The Hall–Kier alpha value is -0.330. The van der Waals surface area contributed by atoms with E-state index in [1.807, 2.05) is 13.8 Å². The Kier molecular flexibility index (Phi) is 9.84. The second-order valence-electron chi connectivity index (χ2n) is 7.30. The first-order valence-electron chi connectivity index (χ1n) is 8.97. The minimum absolute atomic E-state index is 0. The Morgan fingerprint density at radius 3 is 2.08 bits per heavy atom. The summed E-state index contributed by atoms with van der Waals surface area (Å²) < 4.78 is 25.9. The minimum Gasteiger partial charge on any atom is -0.353 e. The van der Waals surface area contributed by atoms with Crippen LogP contribution in [0.1, 0.15) is 72.6 Å².